The van der Waals surface area contributed by atoms with Crippen molar-refractivity contribution >= 4 is 43.9 Å². The highest BCUT2D eigenvalue weighted by molar-refractivity contribution is 7.92. The van der Waals surface area contributed by atoms with Gasteiger partial charge < -0.3 is 10.2 Å². The molecule has 3 N–H and O–H groups in total. The maximum Gasteiger partial charge on any atom is 0.336 e. The van der Waals surface area contributed by atoms with Gasteiger partial charge in [0.25, 0.3) is 15.9 Å². The van der Waals surface area contributed by atoms with E-state index in [1.54, 1.807) is 5.38 Å². The van der Waals surface area contributed by atoms with Crippen molar-refractivity contribution in [3.63, 3.8) is 0 Å². The molecule has 3 aromatic rings. The van der Waals surface area contributed by atoms with Gasteiger partial charge in [-0.05, 0) is 35.7 Å². The molecule has 0 saturated carbocycles. The summed E-state index contributed by atoms with van der Waals surface area (Å²) in [6.07, 6.45) is 0. The maximum atomic E-state index is 12.4. The molecule has 0 spiro atoms. The van der Waals surface area contributed by atoms with Crippen molar-refractivity contribution < 1.29 is 17.6 Å². The quantitative estimate of drug-likeness (QED) is 0.695. The van der Waals surface area contributed by atoms with E-state index in [0.717, 1.165) is 11.3 Å². The van der Waals surface area contributed by atoms with Gasteiger partial charge in [0.15, 0.2) is 0 Å². The molecule has 0 unspecified atom stereocenters. The number of benzene rings is 1. The fraction of sp³-hybridized carbons (Fsp3) is 0. The third-order valence-corrected chi connectivity index (χ3v) is 5.33. The van der Waals surface area contributed by atoms with Crippen LogP contribution in [0.1, 0.15) is 9.67 Å². The van der Waals surface area contributed by atoms with E-state index < -0.39 is 21.6 Å². The maximum absolute atomic E-state index is 12.4. The molecule has 9 heteroatoms. The highest BCUT2D eigenvalue weighted by Crippen LogP contribution is 2.26. The number of amides is 1. The summed E-state index contributed by atoms with van der Waals surface area (Å²) in [5, 5.41) is 2.03. The second kappa shape index (κ2) is 5.52. The largest absolute Gasteiger partial charge is 0.423 e. The van der Waals surface area contributed by atoms with Crippen molar-refractivity contribution in [2.24, 2.45) is 5.73 Å². The van der Waals surface area contributed by atoms with Gasteiger partial charge in [-0.1, -0.05) is 0 Å². The van der Waals surface area contributed by atoms with Crippen LogP contribution in [-0.2, 0) is 10.0 Å². The van der Waals surface area contributed by atoms with Crippen LogP contribution in [0.15, 0.2) is 55.9 Å². The number of anilines is 1. The third-order valence-electron chi connectivity index (χ3n) is 3.03. The van der Waals surface area contributed by atoms with Crippen molar-refractivity contribution in [1.29, 1.82) is 0 Å². The first-order chi connectivity index (χ1) is 10.9. The highest BCUT2D eigenvalue weighted by Gasteiger charge is 2.19. The normalized spacial score (nSPS) is 11.5. The minimum absolute atomic E-state index is 0.0273. The number of fused-ring (bicyclic) bond motifs is 1. The van der Waals surface area contributed by atoms with Gasteiger partial charge in [0.2, 0.25) is 0 Å². The Kier molecular flexibility index (Phi) is 3.66. The molecule has 0 atom stereocenters. The number of hydrogen-bond donors (Lipinski definition) is 2. The number of nitrogens with two attached hydrogens (primary N) is 1. The zero-order valence-electron chi connectivity index (χ0n) is 11.5. The van der Waals surface area contributed by atoms with Gasteiger partial charge in [-0.25, -0.2) is 13.2 Å². The van der Waals surface area contributed by atoms with E-state index in [1.165, 1.54) is 36.4 Å². The van der Waals surface area contributed by atoms with Gasteiger partial charge in [0, 0.05) is 11.5 Å². The number of thiophene rings is 1. The molecule has 0 aliphatic carbocycles. The molecular weight excluding hydrogens is 340 g/mol. The molecule has 1 aromatic carbocycles. The third kappa shape index (κ3) is 2.96. The molecule has 0 bridgehead atoms. The summed E-state index contributed by atoms with van der Waals surface area (Å²) >= 11 is 1.05. The smallest absolute Gasteiger partial charge is 0.336 e. The van der Waals surface area contributed by atoms with Crippen molar-refractivity contribution in [3.8, 4) is 0 Å². The van der Waals surface area contributed by atoms with Gasteiger partial charge >= 0.3 is 5.63 Å². The molecule has 0 fully saturated rings. The topological polar surface area (TPSA) is 119 Å². The minimum Gasteiger partial charge on any atom is -0.423 e. The molecule has 7 nitrogen and oxygen atoms in total. The van der Waals surface area contributed by atoms with E-state index in [-0.39, 0.29) is 21.0 Å². The predicted molar refractivity (Wildman–Crippen MR) is 86.1 cm³/mol. The van der Waals surface area contributed by atoms with Crippen molar-refractivity contribution in [2.45, 2.75) is 4.90 Å². The van der Waals surface area contributed by atoms with Crippen molar-refractivity contribution in [3.05, 3.63) is 57.1 Å². The second-order valence-electron chi connectivity index (χ2n) is 4.59. The number of carbonyl (C=O) groups excluding carboxylic acids is 1. The molecule has 2 aromatic heterocycles. The number of nitrogens with one attached hydrogen (secondary N) is 1. The number of primary amides is 1. The van der Waals surface area contributed by atoms with Crippen LogP contribution in [0.25, 0.3) is 11.0 Å². The Morgan fingerprint density at radius 2 is 1.96 bits per heavy atom. The number of sulfonamides is 1. The molecule has 0 aliphatic heterocycles. The van der Waals surface area contributed by atoms with Gasteiger partial charge in [0.1, 0.15) is 10.5 Å². The molecule has 1 amide bonds. The van der Waals surface area contributed by atoms with Crippen molar-refractivity contribution in [1.82, 2.24) is 0 Å². The van der Waals surface area contributed by atoms with E-state index in [9.17, 15) is 18.0 Å². The SMILES string of the molecule is NC(=O)c1sccc1NS(=O)(=O)c1ccc2oc(=O)ccc2c1. The molecule has 2 heterocycles. The lowest BCUT2D eigenvalue weighted by Crippen LogP contribution is -2.17. The van der Waals surface area contributed by atoms with Gasteiger partial charge in [-0.3, -0.25) is 9.52 Å². The first kappa shape index (κ1) is 15.3. The number of hydrogen-bond acceptors (Lipinski definition) is 6. The first-order valence-corrected chi connectivity index (χ1v) is 8.67. The van der Waals surface area contributed by atoms with Crippen LogP contribution in [0.2, 0.25) is 0 Å². The zero-order valence-corrected chi connectivity index (χ0v) is 13.1. The Balaban J connectivity index is 2.02. The lowest BCUT2D eigenvalue weighted by atomic mass is 10.2. The van der Waals surface area contributed by atoms with E-state index in [0.29, 0.717) is 5.39 Å². The molecular formula is C14H10N2O5S2. The summed E-state index contributed by atoms with van der Waals surface area (Å²) in [7, 11) is -3.91. The van der Waals surface area contributed by atoms with Crippen LogP contribution < -0.4 is 16.1 Å². The summed E-state index contributed by atoms with van der Waals surface area (Å²) < 4.78 is 32.2. The molecule has 0 radical (unpaired) electrons. The Morgan fingerprint density at radius 3 is 2.70 bits per heavy atom. The standard InChI is InChI=1S/C14H10N2O5S2/c15-14(18)13-10(5-6-22-13)16-23(19,20)9-2-3-11-8(7-9)1-4-12(17)21-11/h1-7,16H,(H2,15,18). The Labute approximate surface area is 134 Å². The number of rotatable bonds is 4. The van der Waals surface area contributed by atoms with Crippen LogP contribution in [-0.4, -0.2) is 14.3 Å². The van der Waals surface area contributed by atoms with E-state index >= 15 is 0 Å². The van der Waals surface area contributed by atoms with Crippen LogP contribution in [0.3, 0.4) is 0 Å². The Bertz CT molecular complexity index is 1070. The lowest BCUT2D eigenvalue weighted by Gasteiger charge is -2.08. The average Bonchev–Trinajstić information content (AvgIpc) is 2.94. The molecule has 0 saturated heterocycles. The minimum atomic E-state index is -3.91. The van der Waals surface area contributed by atoms with E-state index in [4.69, 9.17) is 10.2 Å². The van der Waals surface area contributed by atoms with Gasteiger partial charge in [-0.15, -0.1) is 11.3 Å². The average molecular weight is 350 g/mol. The second-order valence-corrected chi connectivity index (χ2v) is 7.19. The molecule has 118 valence electrons. The zero-order chi connectivity index (χ0) is 16.6. The summed E-state index contributed by atoms with van der Waals surface area (Å²) in [6.45, 7) is 0. The van der Waals surface area contributed by atoms with Crippen LogP contribution >= 0.6 is 11.3 Å². The summed E-state index contributed by atoms with van der Waals surface area (Å²) in [6, 6.07) is 8.22. The van der Waals surface area contributed by atoms with Gasteiger partial charge in [0.05, 0.1) is 10.6 Å². The summed E-state index contributed by atoms with van der Waals surface area (Å²) in [4.78, 5) is 22.5. The molecule has 3 rings (SSSR count). The molecule has 23 heavy (non-hydrogen) atoms. The fourth-order valence-corrected chi connectivity index (χ4v) is 3.88. The van der Waals surface area contributed by atoms with Crippen LogP contribution in [0.4, 0.5) is 5.69 Å². The monoisotopic (exact) mass is 350 g/mol. The van der Waals surface area contributed by atoms with Crippen LogP contribution in [0, 0.1) is 0 Å². The lowest BCUT2D eigenvalue weighted by molar-refractivity contribution is 0.100. The summed E-state index contributed by atoms with van der Waals surface area (Å²) in [5.74, 6) is -0.710. The first-order valence-electron chi connectivity index (χ1n) is 6.31. The fourth-order valence-electron chi connectivity index (χ4n) is 2.00. The predicted octanol–water partition coefficient (Wildman–Crippen LogP) is 1.75. The molecule has 0 aliphatic rings. The van der Waals surface area contributed by atoms with E-state index in [2.05, 4.69) is 4.72 Å². The Hall–Kier alpha value is -2.65. The van der Waals surface area contributed by atoms with Gasteiger partial charge in [-0.2, -0.15) is 0 Å². The number of carbonyl (C=O) groups is 1. The highest BCUT2D eigenvalue weighted by atomic mass is 32.2. The van der Waals surface area contributed by atoms with Crippen LogP contribution in [0.5, 0.6) is 0 Å². The van der Waals surface area contributed by atoms with E-state index in [1.807, 2.05) is 0 Å². The summed E-state index contributed by atoms with van der Waals surface area (Å²) in [5.41, 5.74) is 5.09. The Morgan fingerprint density at radius 1 is 1.17 bits per heavy atom. The van der Waals surface area contributed by atoms with Crippen molar-refractivity contribution in [2.75, 3.05) is 4.72 Å².